The highest BCUT2D eigenvalue weighted by Gasteiger charge is 2.11. The third-order valence-corrected chi connectivity index (χ3v) is 5.04. The molecule has 0 atom stereocenters. The van der Waals surface area contributed by atoms with Gasteiger partial charge in [0.1, 0.15) is 18.2 Å². The van der Waals surface area contributed by atoms with Gasteiger partial charge in [-0.1, -0.05) is 24.3 Å². The molecule has 1 heterocycles. The van der Waals surface area contributed by atoms with E-state index in [1.807, 2.05) is 54.8 Å². The van der Waals surface area contributed by atoms with Gasteiger partial charge in [-0.3, -0.25) is 0 Å². The van der Waals surface area contributed by atoms with Gasteiger partial charge >= 0.3 is 0 Å². The first-order valence-electron chi connectivity index (χ1n) is 10.3. The summed E-state index contributed by atoms with van der Waals surface area (Å²) in [6, 6.07) is 14.2. The maximum atomic E-state index is 13.8. The zero-order valence-electron chi connectivity index (χ0n) is 19.3. The number of halogens is 2. The second-order valence-corrected chi connectivity index (χ2v) is 7.26. The van der Waals surface area contributed by atoms with Crippen molar-refractivity contribution < 1.29 is 13.9 Å². The van der Waals surface area contributed by atoms with Gasteiger partial charge in [0, 0.05) is 14.1 Å². The topological polar surface area (TPSA) is 76.8 Å². The first-order valence-corrected chi connectivity index (χ1v) is 10.3. The van der Waals surface area contributed by atoms with Crippen LogP contribution in [0.5, 0.6) is 11.5 Å². The molecule has 1 aromatic heterocycles. The molecular weight excluding hydrogens is 538 g/mol. The molecule has 0 radical (unpaired) electrons. The van der Waals surface area contributed by atoms with Crippen molar-refractivity contribution in [2.45, 2.75) is 20.0 Å². The summed E-state index contributed by atoms with van der Waals surface area (Å²) in [6.07, 6.45) is 0. The minimum Gasteiger partial charge on any atom is -0.497 e. The third kappa shape index (κ3) is 7.58. The molecule has 0 aliphatic carbocycles. The molecule has 2 aromatic carbocycles. The van der Waals surface area contributed by atoms with Crippen LogP contribution in [0.15, 0.2) is 53.5 Å². The summed E-state index contributed by atoms with van der Waals surface area (Å²) >= 11 is 0. The van der Waals surface area contributed by atoms with Crippen molar-refractivity contribution in [2.24, 2.45) is 12.0 Å². The van der Waals surface area contributed by atoms with Gasteiger partial charge in [0.05, 0.1) is 26.7 Å². The number of aromatic nitrogens is 3. The van der Waals surface area contributed by atoms with Gasteiger partial charge in [0.2, 0.25) is 0 Å². The molecule has 33 heavy (non-hydrogen) atoms. The number of benzene rings is 2. The van der Waals surface area contributed by atoms with E-state index >= 15 is 0 Å². The van der Waals surface area contributed by atoms with E-state index in [9.17, 15) is 4.39 Å². The highest BCUT2D eigenvalue weighted by Crippen LogP contribution is 2.15. The first kappa shape index (κ1) is 26.4. The number of nitrogens with zero attached hydrogens (tertiary/aromatic N) is 5. The van der Waals surface area contributed by atoms with Crippen LogP contribution < -0.4 is 14.8 Å². The largest absolute Gasteiger partial charge is 0.497 e. The van der Waals surface area contributed by atoms with E-state index in [1.165, 1.54) is 6.07 Å². The van der Waals surface area contributed by atoms with Crippen LogP contribution in [0.2, 0.25) is 0 Å². The van der Waals surface area contributed by atoms with Gasteiger partial charge in [0.15, 0.2) is 23.4 Å². The summed E-state index contributed by atoms with van der Waals surface area (Å²) in [7, 11) is 5.47. The minimum absolute atomic E-state index is 0. The van der Waals surface area contributed by atoms with Crippen LogP contribution in [0.1, 0.15) is 17.2 Å². The molecule has 0 bridgehead atoms. The van der Waals surface area contributed by atoms with Crippen LogP contribution >= 0.6 is 24.0 Å². The molecule has 10 heteroatoms. The number of likely N-dealkylation sites (N-methyl/N-ethyl adjacent to an activating group) is 1. The summed E-state index contributed by atoms with van der Waals surface area (Å²) in [4.78, 5) is 6.69. The fourth-order valence-electron chi connectivity index (χ4n) is 2.93. The van der Waals surface area contributed by atoms with Gasteiger partial charge in [-0.2, -0.15) is 0 Å². The Morgan fingerprint density at radius 3 is 2.52 bits per heavy atom. The van der Waals surface area contributed by atoms with Crippen LogP contribution in [0.3, 0.4) is 0 Å². The number of guanidine groups is 1. The molecule has 0 amide bonds. The molecule has 0 unspecified atom stereocenters. The molecule has 3 rings (SSSR count). The number of hydrogen-bond acceptors (Lipinski definition) is 5. The lowest BCUT2D eigenvalue weighted by Gasteiger charge is -2.22. The molecule has 1 N–H and O–H groups in total. The number of methoxy groups -OCH3 is 1. The van der Waals surface area contributed by atoms with Crippen LogP contribution in [0.4, 0.5) is 4.39 Å². The quantitative estimate of drug-likeness (QED) is 0.242. The Balaban J connectivity index is 0.00000385. The number of aliphatic imine (C=N–C) groups is 1. The summed E-state index contributed by atoms with van der Waals surface area (Å²) in [5.41, 5.74) is 1.05. The summed E-state index contributed by atoms with van der Waals surface area (Å²) in [5, 5.41) is 11.6. The molecular formula is C23H30FIN6O2. The predicted octanol–water partition coefficient (Wildman–Crippen LogP) is 3.55. The molecule has 0 aliphatic heterocycles. The highest BCUT2D eigenvalue weighted by molar-refractivity contribution is 14.0. The van der Waals surface area contributed by atoms with Crippen LogP contribution in [-0.2, 0) is 20.1 Å². The lowest BCUT2D eigenvalue weighted by Crippen LogP contribution is -2.41. The lowest BCUT2D eigenvalue weighted by molar-refractivity contribution is 0.270. The Bertz CT molecular complexity index is 1040. The van der Waals surface area contributed by atoms with Crippen molar-refractivity contribution >= 4 is 29.9 Å². The van der Waals surface area contributed by atoms with E-state index in [4.69, 9.17) is 14.5 Å². The molecule has 8 nitrogen and oxygen atoms in total. The van der Waals surface area contributed by atoms with Gasteiger partial charge in [-0.25, -0.2) is 9.38 Å². The second kappa shape index (κ2) is 13.0. The van der Waals surface area contributed by atoms with Gasteiger partial charge < -0.3 is 24.3 Å². The smallest absolute Gasteiger partial charge is 0.194 e. The number of aryl methyl sites for hydroxylation is 1. The Morgan fingerprint density at radius 2 is 1.88 bits per heavy atom. The van der Waals surface area contributed by atoms with E-state index in [0.717, 1.165) is 23.0 Å². The van der Waals surface area contributed by atoms with Gasteiger partial charge in [0.25, 0.3) is 0 Å². The van der Waals surface area contributed by atoms with Crippen LogP contribution in [-0.4, -0.2) is 52.9 Å². The minimum atomic E-state index is -0.376. The number of hydrogen-bond donors (Lipinski definition) is 1. The zero-order valence-corrected chi connectivity index (χ0v) is 21.6. The summed E-state index contributed by atoms with van der Waals surface area (Å²) < 4.78 is 26.5. The van der Waals surface area contributed by atoms with Crippen LogP contribution in [0, 0.1) is 12.7 Å². The Morgan fingerprint density at radius 1 is 1.15 bits per heavy atom. The average Bonchev–Trinajstić information content (AvgIpc) is 3.13. The van der Waals surface area contributed by atoms with Crippen molar-refractivity contribution in [2.75, 3.05) is 27.3 Å². The SMILES string of the molecule is COc1ccc(CN=C(NCc2nnc(C)n2C)N(C)CCOc2ccccc2F)cc1.I. The number of para-hydroxylation sites is 1. The van der Waals surface area contributed by atoms with Crippen molar-refractivity contribution in [3.05, 3.63) is 71.6 Å². The third-order valence-electron chi connectivity index (χ3n) is 5.04. The van der Waals surface area contributed by atoms with Crippen LogP contribution in [0.25, 0.3) is 0 Å². The molecule has 0 spiro atoms. The monoisotopic (exact) mass is 568 g/mol. The number of rotatable bonds is 9. The number of ether oxygens (including phenoxy) is 2. The Hall–Kier alpha value is -2.89. The molecule has 0 fully saturated rings. The van der Waals surface area contributed by atoms with Gasteiger partial charge in [-0.15, -0.1) is 34.2 Å². The molecule has 0 saturated carbocycles. The van der Waals surface area contributed by atoms with E-state index in [0.29, 0.717) is 32.2 Å². The van der Waals surface area contributed by atoms with E-state index < -0.39 is 0 Å². The van der Waals surface area contributed by atoms with Crippen molar-refractivity contribution in [3.63, 3.8) is 0 Å². The van der Waals surface area contributed by atoms with Gasteiger partial charge in [-0.05, 0) is 36.8 Å². The number of nitrogens with one attached hydrogen (secondary N) is 1. The Labute approximate surface area is 210 Å². The van der Waals surface area contributed by atoms with E-state index in [1.54, 1.807) is 25.3 Å². The van der Waals surface area contributed by atoms with Crippen molar-refractivity contribution in [1.82, 2.24) is 25.0 Å². The predicted molar refractivity (Wildman–Crippen MR) is 137 cm³/mol. The second-order valence-electron chi connectivity index (χ2n) is 7.26. The molecule has 3 aromatic rings. The van der Waals surface area contributed by atoms with Crippen molar-refractivity contribution in [1.29, 1.82) is 0 Å². The lowest BCUT2D eigenvalue weighted by atomic mass is 10.2. The van der Waals surface area contributed by atoms with E-state index in [-0.39, 0.29) is 35.5 Å². The fourth-order valence-corrected chi connectivity index (χ4v) is 2.93. The maximum absolute atomic E-state index is 13.8. The maximum Gasteiger partial charge on any atom is 0.194 e. The summed E-state index contributed by atoms with van der Waals surface area (Å²) in [6.45, 7) is 3.69. The highest BCUT2D eigenvalue weighted by atomic mass is 127. The first-order chi connectivity index (χ1) is 15.5. The fraction of sp³-hybridized carbons (Fsp3) is 0.348. The Kier molecular flexibility index (Phi) is 10.4. The standard InChI is InChI=1S/C23H29FN6O2.HI/c1-17-27-28-22(30(17)3)16-26-23(25-15-18-9-11-19(31-4)12-10-18)29(2)13-14-32-21-8-6-5-7-20(21)24;/h5-12H,13-16H2,1-4H3,(H,25,26);1H. The molecule has 178 valence electrons. The molecule has 0 saturated heterocycles. The summed E-state index contributed by atoms with van der Waals surface area (Å²) in [5.74, 6) is 2.98. The van der Waals surface area contributed by atoms with Crippen molar-refractivity contribution in [3.8, 4) is 11.5 Å². The normalized spacial score (nSPS) is 11.0. The zero-order chi connectivity index (χ0) is 22.9. The molecule has 0 aliphatic rings. The van der Waals surface area contributed by atoms with E-state index in [2.05, 4.69) is 15.5 Å². The average molecular weight is 568 g/mol.